The van der Waals surface area contributed by atoms with E-state index in [1.165, 1.54) is 11.3 Å². The maximum Gasteiger partial charge on any atom is 0.231 e. The molecule has 0 spiro atoms. The molecule has 1 N–H and O–H groups in total. The number of nitrogens with one attached hydrogen (secondary N) is 1. The van der Waals surface area contributed by atoms with Crippen LogP contribution in [0.15, 0.2) is 0 Å². The Bertz CT molecular complexity index is 551. The number of nitrogens with zero attached hydrogens (tertiary/aromatic N) is 2. The predicted molar refractivity (Wildman–Crippen MR) is 77.7 cm³/mol. The predicted octanol–water partition coefficient (Wildman–Crippen LogP) is 1.96. The summed E-state index contributed by atoms with van der Waals surface area (Å²) in [7, 11) is 0. The van der Waals surface area contributed by atoms with Crippen molar-refractivity contribution in [2.45, 2.75) is 45.6 Å². The Labute approximate surface area is 122 Å². The highest BCUT2D eigenvalue weighted by Crippen LogP contribution is 2.33. The van der Waals surface area contributed by atoms with Gasteiger partial charge < -0.3 is 10.2 Å². The molecule has 2 fully saturated rings. The van der Waals surface area contributed by atoms with Crippen molar-refractivity contribution >= 4 is 28.3 Å². The first kappa shape index (κ1) is 13.5. The summed E-state index contributed by atoms with van der Waals surface area (Å²) in [5.41, 5.74) is 1.03. The molecule has 0 aromatic carbocycles. The maximum absolute atomic E-state index is 12.2. The molecule has 1 saturated carbocycles. The average Bonchev–Trinajstić information content (AvgIpc) is 3.09. The molecule has 1 aliphatic heterocycles. The van der Waals surface area contributed by atoms with Crippen molar-refractivity contribution in [2.75, 3.05) is 11.9 Å². The fourth-order valence-corrected chi connectivity index (χ4v) is 3.57. The van der Waals surface area contributed by atoms with Crippen LogP contribution >= 0.6 is 11.3 Å². The molecule has 0 bridgehead atoms. The van der Waals surface area contributed by atoms with E-state index < -0.39 is 0 Å². The second-order valence-corrected chi connectivity index (χ2v) is 6.75. The summed E-state index contributed by atoms with van der Waals surface area (Å²) in [6, 6.07) is 0.397. The highest BCUT2D eigenvalue weighted by atomic mass is 32.1. The van der Waals surface area contributed by atoms with Gasteiger partial charge in [0.25, 0.3) is 0 Å². The molecule has 3 rings (SSSR count). The van der Waals surface area contributed by atoms with Gasteiger partial charge in [-0.25, -0.2) is 4.98 Å². The van der Waals surface area contributed by atoms with Gasteiger partial charge >= 0.3 is 0 Å². The van der Waals surface area contributed by atoms with Crippen molar-refractivity contribution in [2.24, 2.45) is 5.92 Å². The molecule has 6 heteroatoms. The van der Waals surface area contributed by atoms with Gasteiger partial charge in [-0.1, -0.05) is 6.92 Å². The summed E-state index contributed by atoms with van der Waals surface area (Å²) in [6.45, 7) is 4.64. The molecule has 1 atom stereocenters. The fraction of sp³-hybridized carbons (Fsp3) is 0.643. The summed E-state index contributed by atoms with van der Waals surface area (Å²) in [5, 5.41) is 3.52. The highest BCUT2D eigenvalue weighted by Gasteiger charge is 2.41. The molecular weight excluding hydrogens is 274 g/mol. The van der Waals surface area contributed by atoms with E-state index in [1.807, 2.05) is 11.8 Å². The average molecular weight is 293 g/mol. The minimum absolute atomic E-state index is 0.0714. The minimum atomic E-state index is -0.225. The minimum Gasteiger partial charge on any atom is -0.339 e. The molecular formula is C14H19N3O2S. The summed E-state index contributed by atoms with van der Waals surface area (Å²) in [6.07, 6.45) is 3.39. The number of hydrogen-bond donors (Lipinski definition) is 1. The number of likely N-dealkylation sites (tertiary alicyclic amines) is 1. The number of thiazole rings is 1. The largest absolute Gasteiger partial charge is 0.339 e. The van der Waals surface area contributed by atoms with Crippen LogP contribution in [0.2, 0.25) is 0 Å². The number of rotatable bonds is 4. The Morgan fingerprint density at radius 2 is 2.25 bits per heavy atom. The first-order valence-electron chi connectivity index (χ1n) is 7.15. The third-order valence-electron chi connectivity index (χ3n) is 3.97. The molecule has 1 saturated heterocycles. The van der Waals surface area contributed by atoms with Crippen molar-refractivity contribution in [1.29, 1.82) is 0 Å². The van der Waals surface area contributed by atoms with Crippen molar-refractivity contribution in [1.82, 2.24) is 9.88 Å². The lowest BCUT2D eigenvalue weighted by Crippen LogP contribution is -2.29. The third-order valence-corrected chi connectivity index (χ3v) is 4.90. The molecule has 0 radical (unpaired) electrons. The van der Waals surface area contributed by atoms with Crippen molar-refractivity contribution in [3.05, 3.63) is 10.6 Å². The molecule has 2 aliphatic rings. The zero-order chi connectivity index (χ0) is 14.3. The molecule has 1 aromatic heterocycles. The molecule has 2 heterocycles. The first-order chi connectivity index (χ1) is 9.58. The second-order valence-electron chi connectivity index (χ2n) is 5.54. The molecule has 0 unspecified atom stereocenters. The Balaban J connectivity index is 1.63. The highest BCUT2D eigenvalue weighted by molar-refractivity contribution is 7.15. The SMILES string of the molecule is CCc1nc(NC(=O)[C@H]2CC(=O)N(C3CC3)C2)sc1C. The van der Waals surface area contributed by atoms with Crippen molar-refractivity contribution in [3.8, 4) is 0 Å². The third kappa shape index (κ3) is 2.57. The van der Waals surface area contributed by atoms with Crippen LogP contribution in [-0.2, 0) is 16.0 Å². The van der Waals surface area contributed by atoms with Crippen LogP contribution in [0, 0.1) is 12.8 Å². The summed E-state index contributed by atoms with van der Waals surface area (Å²) in [4.78, 5) is 31.5. The van der Waals surface area contributed by atoms with Gasteiger partial charge in [-0.3, -0.25) is 9.59 Å². The molecule has 20 heavy (non-hydrogen) atoms. The van der Waals surface area contributed by atoms with Crippen molar-refractivity contribution in [3.63, 3.8) is 0 Å². The summed E-state index contributed by atoms with van der Waals surface area (Å²) < 4.78 is 0. The first-order valence-corrected chi connectivity index (χ1v) is 7.96. The Kier molecular flexibility index (Phi) is 3.50. The molecule has 1 aliphatic carbocycles. The number of carbonyl (C=O) groups is 2. The van der Waals surface area contributed by atoms with Gasteiger partial charge in [0.2, 0.25) is 11.8 Å². The number of hydrogen-bond acceptors (Lipinski definition) is 4. The zero-order valence-electron chi connectivity index (χ0n) is 11.8. The standard InChI is InChI=1S/C14H19N3O2S/c1-3-11-8(2)20-14(15-11)16-13(19)9-6-12(18)17(7-9)10-4-5-10/h9-10H,3-7H2,1-2H3,(H,15,16,19)/t9-/m0/s1. The lowest BCUT2D eigenvalue weighted by atomic mass is 10.1. The van der Waals surface area contributed by atoms with E-state index in [2.05, 4.69) is 17.2 Å². The molecule has 2 amide bonds. The van der Waals surface area contributed by atoms with Gasteiger partial charge in [-0.05, 0) is 26.2 Å². The number of carbonyl (C=O) groups excluding carboxylic acids is 2. The van der Waals surface area contributed by atoms with Crippen LogP contribution in [0.3, 0.4) is 0 Å². The lowest BCUT2D eigenvalue weighted by Gasteiger charge is -2.14. The van der Waals surface area contributed by atoms with Gasteiger partial charge in [-0.2, -0.15) is 0 Å². The lowest BCUT2D eigenvalue weighted by molar-refractivity contribution is -0.128. The summed E-state index contributed by atoms with van der Waals surface area (Å²) >= 11 is 1.50. The monoisotopic (exact) mass is 293 g/mol. The Morgan fingerprint density at radius 1 is 1.50 bits per heavy atom. The second kappa shape index (κ2) is 5.16. The van der Waals surface area contributed by atoms with Gasteiger partial charge in [0.15, 0.2) is 5.13 Å². The number of aryl methyl sites for hydroxylation is 2. The fourth-order valence-electron chi connectivity index (χ4n) is 2.66. The van der Waals surface area contributed by atoms with E-state index >= 15 is 0 Å². The smallest absolute Gasteiger partial charge is 0.231 e. The Hall–Kier alpha value is -1.43. The number of anilines is 1. The van der Waals surface area contributed by atoms with E-state index in [-0.39, 0.29) is 17.7 Å². The van der Waals surface area contributed by atoms with E-state index in [0.717, 1.165) is 29.8 Å². The molecule has 108 valence electrons. The van der Waals surface area contributed by atoms with Crippen LogP contribution in [-0.4, -0.2) is 34.3 Å². The summed E-state index contributed by atoms with van der Waals surface area (Å²) in [5.74, 6) is -0.174. The molecule has 1 aromatic rings. The van der Waals surface area contributed by atoms with Gasteiger partial charge in [0, 0.05) is 23.9 Å². The van der Waals surface area contributed by atoms with Gasteiger partial charge in [0.05, 0.1) is 11.6 Å². The van der Waals surface area contributed by atoms with Crippen LogP contribution in [0.1, 0.15) is 36.8 Å². The topological polar surface area (TPSA) is 62.3 Å². The maximum atomic E-state index is 12.2. The van der Waals surface area contributed by atoms with Crippen LogP contribution in [0.5, 0.6) is 0 Å². The van der Waals surface area contributed by atoms with Crippen LogP contribution < -0.4 is 5.32 Å². The number of aromatic nitrogens is 1. The van der Waals surface area contributed by atoms with Crippen LogP contribution in [0.25, 0.3) is 0 Å². The van der Waals surface area contributed by atoms with Crippen molar-refractivity contribution < 1.29 is 9.59 Å². The normalized spacial score (nSPS) is 22.4. The quantitative estimate of drug-likeness (QED) is 0.923. The van der Waals surface area contributed by atoms with E-state index in [4.69, 9.17) is 0 Å². The number of amides is 2. The van der Waals surface area contributed by atoms with Gasteiger partial charge in [-0.15, -0.1) is 11.3 Å². The van der Waals surface area contributed by atoms with E-state index in [9.17, 15) is 9.59 Å². The molecule has 5 nitrogen and oxygen atoms in total. The van der Waals surface area contributed by atoms with E-state index in [0.29, 0.717) is 24.1 Å². The Morgan fingerprint density at radius 3 is 2.85 bits per heavy atom. The van der Waals surface area contributed by atoms with Gasteiger partial charge in [0.1, 0.15) is 0 Å². The van der Waals surface area contributed by atoms with Crippen LogP contribution in [0.4, 0.5) is 5.13 Å². The zero-order valence-corrected chi connectivity index (χ0v) is 12.6. The van der Waals surface area contributed by atoms with E-state index in [1.54, 1.807) is 0 Å².